The molecule has 104 valence electrons. The summed E-state index contributed by atoms with van der Waals surface area (Å²) >= 11 is 0. The zero-order valence-electron chi connectivity index (χ0n) is 11.2. The molecule has 5 nitrogen and oxygen atoms in total. The molecule has 0 saturated heterocycles. The smallest absolute Gasteiger partial charge is 0.338 e. The van der Waals surface area contributed by atoms with E-state index in [-0.39, 0.29) is 6.54 Å². The summed E-state index contributed by atoms with van der Waals surface area (Å²) < 4.78 is 0. The van der Waals surface area contributed by atoms with Crippen LogP contribution in [0.25, 0.3) is 21.5 Å². The highest BCUT2D eigenvalue weighted by molar-refractivity contribution is 5.99. The Labute approximate surface area is 120 Å². The van der Waals surface area contributed by atoms with Gasteiger partial charge in [0.15, 0.2) is 0 Å². The minimum absolute atomic E-state index is 0.0640. The third-order valence-electron chi connectivity index (χ3n) is 3.51. The van der Waals surface area contributed by atoms with Crippen LogP contribution in [0.15, 0.2) is 59.9 Å². The Morgan fingerprint density at radius 2 is 1.67 bits per heavy atom. The van der Waals surface area contributed by atoms with E-state index in [0.717, 1.165) is 27.1 Å². The summed E-state index contributed by atoms with van der Waals surface area (Å²) in [6.45, 7) is 0.0640. The molecule has 3 aromatic carbocycles. The molecule has 0 fully saturated rings. The number of nitrogens with zero attached hydrogens (tertiary/aromatic N) is 2. The van der Waals surface area contributed by atoms with Crippen molar-refractivity contribution >= 4 is 27.6 Å². The first-order valence-electron chi connectivity index (χ1n) is 6.49. The number of hydrogen-bond donors (Lipinski definition) is 1. The highest BCUT2D eigenvalue weighted by Gasteiger charge is 2.12. The molecule has 0 atom stereocenters. The van der Waals surface area contributed by atoms with E-state index in [9.17, 15) is 9.70 Å². The van der Waals surface area contributed by atoms with Crippen molar-refractivity contribution in [1.82, 2.24) is 5.01 Å². The van der Waals surface area contributed by atoms with Crippen LogP contribution < -0.4 is 5.73 Å². The van der Waals surface area contributed by atoms with Crippen molar-refractivity contribution in [3.63, 3.8) is 0 Å². The third-order valence-corrected chi connectivity index (χ3v) is 3.51. The fourth-order valence-electron chi connectivity index (χ4n) is 2.48. The highest BCUT2D eigenvalue weighted by atomic mass is 16.3. The highest BCUT2D eigenvalue weighted by Crippen LogP contribution is 2.26. The molecule has 3 aromatic rings. The van der Waals surface area contributed by atoms with Crippen molar-refractivity contribution in [2.75, 3.05) is 0 Å². The molecule has 2 amide bonds. The number of carbonyl (C=O) groups excluding carboxylic acids is 1. The minimum atomic E-state index is -0.859. The molecule has 0 aromatic heterocycles. The quantitative estimate of drug-likeness (QED) is 0.452. The number of nitrogens with two attached hydrogens (primary N) is 1. The van der Waals surface area contributed by atoms with Gasteiger partial charge in [-0.2, -0.15) is 5.01 Å². The zero-order valence-corrected chi connectivity index (χ0v) is 11.2. The van der Waals surface area contributed by atoms with Gasteiger partial charge in [0, 0.05) is 0 Å². The number of hydrogen-bond acceptors (Lipinski definition) is 3. The monoisotopic (exact) mass is 279 g/mol. The van der Waals surface area contributed by atoms with Crippen molar-refractivity contribution in [2.45, 2.75) is 6.54 Å². The maximum atomic E-state index is 11.1. The molecule has 0 radical (unpaired) electrons. The number of benzene rings is 3. The molecule has 0 unspecified atom stereocenters. The Morgan fingerprint density at radius 3 is 2.33 bits per heavy atom. The van der Waals surface area contributed by atoms with Gasteiger partial charge in [0.05, 0.1) is 11.8 Å². The Bertz CT molecular complexity index is 845. The molecular formula is C16H13N3O2. The molecule has 0 aliphatic rings. The second-order valence-electron chi connectivity index (χ2n) is 4.82. The van der Waals surface area contributed by atoms with Crippen molar-refractivity contribution < 1.29 is 4.79 Å². The van der Waals surface area contributed by atoms with E-state index in [2.05, 4.69) is 11.4 Å². The van der Waals surface area contributed by atoms with Gasteiger partial charge in [0.2, 0.25) is 0 Å². The maximum Gasteiger partial charge on any atom is 0.338 e. The van der Waals surface area contributed by atoms with Crippen LogP contribution in [0.1, 0.15) is 5.56 Å². The van der Waals surface area contributed by atoms with Crippen LogP contribution in [-0.4, -0.2) is 11.0 Å². The molecular weight excluding hydrogens is 266 g/mol. The summed E-state index contributed by atoms with van der Waals surface area (Å²) in [5, 5.41) is 7.63. The zero-order chi connectivity index (χ0) is 14.8. The molecule has 3 rings (SSSR count). The number of nitroso groups, excluding NO2 is 1. The Hall–Kier alpha value is -2.95. The summed E-state index contributed by atoms with van der Waals surface area (Å²) in [6, 6.07) is 17.0. The number of fused-ring (bicyclic) bond motifs is 2. The maximum absolute atomic E-state index is 11.1. The fourth-order valence-corrected chi connectivity index (χ4v) is 2.48. The molecule has 21 heavy (non-hydrogen) atoms. The number of urea groups is 1. The van der Waals surface area contributed by atoms with Crippen LogP contribution >= 0.6 is 0 Å². The SMILES string of the molecule is NC(=O)N(Cc1cccc2cc3ccccc3cc12)N=O. The molecule has 0 saturated carbocycles. The number of amides is 2. The molecule has 0 aliphatic carbocycles. The van der Waals surface area contributed by atoms with Gasteiger partial charge >= 0.3 is 6.03 Å². The number of primary amides is 1. The van der Waals surface area contributed by atoms with Crippen LogP contribution in [0.3, 0.4) is 0 Å². The standard InChI is InChI=1S/C16H13N3O2/c17-16(20)19(18-21)10-14-7-3-6-13-8-11-4-1-2-5-12(11)9-15(13)14/h1-9H,10H2,(H2,17,20). The lowest BCUT2D eigenvalue weighted by Crippen LogP contribution is -2.30. The van der Waals surface area contributed by atoms with E-state index >= 15 is 0 Å². The van der Waals surface area contributed by atoms with Gasteiger partial charge in [-0.25, -0.2) is 4.79 Å². The topological polar surface area (TPSA) is 75.8 Å². The normalized spacial score (nSPS) is 10.7. The predicted octanol–water partition coefficient (Wildman–Crippen LogP) is 3.56. The average Bonchev–Trinajstić information content (AvgIpc) is 2.50. The lowest BCUT2D eigenvalue weighted by atomic mass is 9.99. The average molecular weight is 279 g/mol. The Balaban J connectivity index is 2.16. The first kappa shape index (κ1) is 13.1. The van der Waals surface area contributed by atoms with E-state index in [1.807, 2.05) is 48.5 Å². The van der Waals surface area contributed by atoms with Crippen molar-refractivity contribution in [3.8, 4) is 0 Å². The summed E-state index contributed by atoms with van der Waals surface area (Å²) in [5.74, 6) is 0. The van der Waals surface area contributed by atoms with E-state index in [4.69, 9.17) is 5.73 Å². The van der Waals surface area contributed by atoms with Crippen molar-refractivity contribution in [3.05, 3.63) is 65.1 Å². The predicted molar refractivity (Wildman–Crippen MR) is 82.4 cm³/mol. The van der Waals surface area contributed by atoms with E-state index in [1.165, 1.54) is 0 Å². The van der Waals surface area contributed by atoms with Gasteiger partial charge in [-0.05, 0) is 39.2 Å². The second-order valence-corrected chi connectivity index (χ2v) is 4.82. The molecule has 0 heterocycles. The van der Waals surface area contributed by atoms with Gasteiger partial charge in [-0.1, -0.05) is 42.5 Å². The lowest BCUT2D eigenvalue weighted by Gasteiger charge is -2.13. The van der Waals surface area contributed by atoms with Gasteiger partial charge in [0.25, 0.3) is 0 Å². The number of carbonyl (C=O) groups is 1. The van der Waals surface area contributed by atoms with Gasteiger partial charge in [-0.3, -0.25) is 0 Å². The summed E-state index contributed by atoms with van der Waals surface area (Å²) in [5.41, 5.74) is 5.95. The van der Waals surface area contributed by atoms with Crippen LogP contribution in [0, 0.1) is 4.91 Å². The molecule has 0 aliphatic heterocycles. The molecule has 0 bridgehead atoms. The van der Waals surface area contributed by atoms with Crippen molar-refractivity contribution in [2.24, 2.45) is 11.0 Å². The molecule has 5 heteroatoms. The van der Waals surface area contributed by atoms with E-state index < -0.39 is 6.03 Å². The van der Waals surface area contributed by atoms with Crippen LogP contribution in [-0.2, 0) is 6.54 Å². The second kappa shape index (κ2) is 5.20. The summed E-state index contributed by atoms with van der Waals surface area (Å²) in [6.07, 6.45) is 0. The van der Waals surface area contributed by atoms with E-state index in [1.54, 1.807) is 0 Å². The third kappa shape index (κ3) is 2.41. The first-order valence-corrected chi connectivity index (χ1v) is 6.49. The first-order chi connectivity index (χ1) is 10.2. The largest absolute Gasteiger partial charge is 0.350 e. The van der Waals surface area contributed by atoms with E-state index in [0.29, 0.717) is 5.01 Å². The van der Waals surface area contributed by atoms with Gasteiger partial charge < -0.3 is 5.73 Å². The van der Waals surface area contributed by atoms with Crippen molar-refractivity contribution in [1.29, 1.82) is 0 Å². The molecule has 0 spiro atoms. The molecule has 2 N–H and O–H groups in total. The van der Waals surface area contributed by atoms with Crippen LogP contribution in [0.5, 0.6) is 0 Å². The van der Waals surface area contributed by atoms with Crippen LogP contribution in [0.2, 0.25) is 0 Å². The fraction of sp³-hybridized carbons (Fsp3) is 0.0625. The summed E-state index contributed by atoms with van der Waals surface area (Å²) in [4.78, 5) is 21.8. The van der Waals surface area contributed by atoms with Crippen LogP contribution in [0.4, 0.5) is 4.79 Å². The minimum Gasteiger partial charge on any atom is -0.350 e. The Kier molecular flexibility index (Phi) is 3.23. The number of rotatable bonds is 3. The lowest BCUT2D eigenvalue weighted by molar-refractivity contribution is 0.207. The summed E-state index contributed by atoms with van der Waals surface area (Å²) in [7, 11) is 0. The van der Waals surface area contributed by atoms with Gasteiger partial charge in [0.1, 0.15) is 0 Å². The Morgan fingerprint density at radius 1 is 1.00 bits per heavy atom. The van der Waals surface area contributed by atoms with Gasteiger partial charge in [-0.15, -0.1) is 4.91 Å².